The molecule has 25 heavy (non-hydrogen) atoms. The van der Waals surface area contributed by atoms with Crippen LogP contribution in [0.25, 0.3) is 22.4 Å². The Morgan fingerprint density at radius 1 is 1.36 bits per heavy atom. The Morgan fingerprint density at radius 3 is 2.84 bits per heavy atom. The average molecular weight is 352 g/mol. The van der Waals surface area contributed by atoms with E-state index in [9.17, 15) is 14.4 Å². The molecule has 2 heterocycles. The molecule has 0 radical (unpaired) electrons. The van der Waals surface area contributed by atoms with Gasteiger partial charge in [0, 0.05) is 35.0 Å². The normalized spacial score (nSPS) is 11.8. The average Bonchev–Trinajstić information content (AvgIpc) is 2.92. The maximum atomic E-state index is 13.8. The number of hydrogen-bond donors (Lipinski definition) is 1. The third kappa shape index (κ3) is 2.34. The Kier molecular flexibility index (Phi) is 3.45. The lowest BCUT2D eigenvalue weighted by atomic mass is 9.95. The number of aromatic amines is 1. The maximum Gasteiger partial charge on any atom is 0.266 e. The predicted molar refractivity (Wildman–Crippen MR) is 93.0 cm³/mol. The summed E-state index contributed by atoms with van der Waals surface area (Å²) in [5.74, 6) is -0.505. The first-order valence-corrected chi connectivity index (χ1v) is 7.98. The summed E-state index contributed by atoms with van der Waals surface area (Å²) in [6, 6.07) is 8.52. The van der Waals surface area contributed by atoms with Crippen LogP contribution in [-0.2, 0) is 6.42 Å². The molecule has 0 aliphatic heterocycles. The Hall–Kier alpha value is -2.97. The van der Waals surface area contributed by atoms with Gasteiger partial charge in [-0.1, -0.05) is 17.7 Å². The highest BCUT2D eigenvalue weighted by atomic mass is 35.5. The summed E-state index contributed by atoms with van der Waals surface area (Å²) in [5, 5.41) is 9.48. The van der Waals surface area contributed by atoms with Gasteiger partial charge in [0.05, 0.1) is 10.7 Å². The minimum absolute atomic E-state index is 0.00430. The number of fused-ring (bicyclic) bond motifs is 3. The van der Waals surface area contributed by atoms with Crippen molar-refractivity contribution in [2.45, 2.75) is 13.3 Å². The van der Waals surface area contributed by atoms with E-state index >= 15 is 0 Å². The zero-order valence-corrected chi connectivity index (χ0v) is 13.9. The molecule has 1 N–H and O–H groups in total. The molecule has 0 atom stereocenters. The van der Waals surface area contributed by atoms with E-state index in [1.54, 1.807) is 6.20 Å². The molecule has 2 aromatic heterocycles. The maximum absolute atomic E-state index is 13.8. The second-order valence-electron chi connectivity index (χ2n) is 5.96. The summed E-state index contributed by atoms with van der Waals surface area (Å²) in [5.41, 5.74) is 4.38. The van der Waals surface area contributed by atoms with E-state index in [-0.39, 0.29) is 10.6 Å². The predicted octanol–water partition coefficient (Wildman–Crippen LogP) is 3.98. The van der Waals surface area contributed by atoms with Gasteiger partial charge in [0.1, 0.15) is 17.4 Å². The van der Waals surface area contributed by atoms with Crippen molar-refractivity contribution in [3.8, 4) is 28.5 Å². The van der Waals surface area contributed by atoms with E-state index in [1.807, 2.05) is 25.1 Å². The van der Waals surface area contributed by atoms with Gasteiger partial charge in [0.15, 0.2) is 0 Å². The standard InChI is InChI=1S/C19H11ClFN3O/c1-9-2-3-10(8-23-9)17-13-4-11-5-16(21)15(20)6-12(11)18(13)24-19(25)14(17)7-22/h2-3,5-6,8H,4H2,1H3,(H,24,25). The first-order valence-electron chi connectivity index (χ1n) is 7.60. The number of nitrogens with zero attached hydrogens (tertiary/aromatic N) is 2. The zero-order chi connectivity index (χ0) is 17.7. The van der Waals surface area contributed by atoms with Gasteiger partial charge >= 0.3 is 0 Å². The van der Waals surface area contributed by atoms with Crippen molar-refractivity contribution in [1.82, 2.24) is 9.97 Å². The zero-order valence-electron chi connectivity index (χ0n) is 13.2. The van der Waals surface area contributed by atoms with Crippen molar-refractivity contribution in [3.05, 3.63) is 74.0 Å². The van der Waals surface area contributed by atoms with E-state index in [1.165, 1.54) is 12.1 Å². The van der Waals surface area contributed by atoms with Crippen LogP contribution in [0.2, 0.25) is 5.02 Å². The van der Waals surface area contributed by atoms with Gasteiger partial charge in [0.2, 0.25) is 0 Å². The molecule has 4 rings (SSSR count). The molecule has 122 valence electrons. The van der Waals surface area contributed by atoms with Crippen molar-refractivity contribution in [1.29, 1.82) is 5.26 Å². The quantitative estimate of drug-likeness (QED) is 0.564. The van der Waals surface area contributed by atoms with Crippen molar-refractivity contribution < 1.29 is 4.39 Å². The van der Waals surface area contributed by atoms with Crippen LogP contribution >= 0.6 is 11.6 Å². The molecular formula is C19H11ClFN3O. The van der Waals surface area contributed by atoms with Crippen LogP contribution in [-0.4, -0.2) is 9.97 Å². The highest BCUT2D eigenvalue weighted by Gasteiger charge is 2.27. The number of aryl methyl sites for hydroxylation is 1. The molecule has 0 saturated carbocycles. The molecule has 3 aromatic rings. The number of pyridine rings is 2. The molecule has 1 aliphatic rings. The molecule has 4 nitrogen and oxygen atoms in total. The van der Waals surface area contributed by atoms with E-state index in [2.05, 4.69) is 9.97 Å². The lowest BCUT2D eigenvalue weighted by Gasteiger charge is -2.10. The van der Waals surface area contributed by atoms with E-state index in [0.717, 1.165) is 16.8 Å². The summed E-state index contributed by atoms with van der Waals surface area (Å²) >= 11 is 5.90. The van der Waals surface area contributed by atoms with Crippen molar-refractivity contribution in [3.63, 3.8) is 0 Å². The number of nitriles is 1. The third-order valence-corrected chi connectivity index (χ3v) is 4.70. The first kappa shape index (κ1) is 15.6. The monoisotopic (exact) mass is 351 g/mol. The fraction of sp³-hybridized carbons (Fsp3) is 0.105. The Labute approximate surface area is 147 Å². The second kappa shape index (κ2) is 5.54. The Balaban J connectivity index is 2.06. The molecule has 1 aliphatic carbocycles. The molecule has 0 bridgehead atoms. The minimum atomic E-state index is -0.505. The van der Waals surface area contributed by atoms with E-state index in [0.29, 0.717) is 28.8 Å². The van der Waals surface area contributed by atoms with Gasteiger partial charge in [0.25, 0.3) is 5.56 Å². The van der Waals surface area contributed by atoms with Gasteiger partial charge in [-0.3, -0.25) is 9.78 Å². The molecule has 0 spiro atoms. The Morgan fingerprint density at radius 2 is 2.16 bits per heavy atom. The molecule has 6 heteroatoms. The molecular weight excluding hydrogens is 341 g/mol. The highest BCUT2D eigenvalue weighted by molar-refractivity contribution is 6.31. The van der Waals surface area contributed by atoms with E-state index < -0.39 is 11.4 Å². The highest BCUT2D eigenvalue weighted by Crippen LogP contribution is 2.42. The number of benzene rings is 1. The number of H-pyrrole nitrogens is 1. The fourth-order valence-electron chi connectivity index (χ4n) is 3.25. The number of rotatable bonds is 1. The summed E-state index contributed by atoms with van der Waals surface area (Å²) < 4.78 is 13.8. The van der Waals surface area contributed by atoms with Crippen LogP contribution in [0.3, 0.4) is 0 Å². The van der Waals surface area contributed by atoms with Gasteiger partial charge < -0.3 is 4.98 Å². The topological polar surface area (TPSA) is 69.5 Å². The smallest absolute Gasteiger partial charge is 0.266 e. The van der Waals surface area contributed by atoms with Crippen molar-refractivity contribution in [2.24, 2.45) is 0 Å². The number of halogens is 2. The van der Waals surface area contributed by atoms with Crippen LogP contribution < -0.4 is 5.56 Å². The third-order valence-electron chi connectivity index (χ3n) is 4.41. The SMILES string of the molecule is Cc1ccc(-c2c3c([nH]c(=O)c2C#N)-c2cc(Cl)c(F)cc2C3)cn1. The van der Waals surface area contributed by atoms with E-state index in [4.69, 9.17) is 11.6 Å². The molecule has 1 aromatic carbocycles. The second-order valence-corrected chi connectivity index (χ2v) is 6.37. The fourth-order valence-corrected chi connectivity index (χ4v) is 3.41. The van der Waals surface area contributed by atoms with Gasteiger partial charge in [-0.05, 0) is 36.2 Å². The summed E-state index contributed by atoms with van der Waals surface area (Å²) in [6.45, 7) is 1.86. The number of hydrogen-bond acceptors (Lipinski definition) is 3. The van der Waals surface area contributed by atoms with Crippen LogP contribution in [0.15, 0.2) is 35.3 Å². The van der Waals surface area contributed by atoms with Crippen LogP contribution in [0.5, 0.6) is 0 Å². The largest absolute Gasteiger partial charge is 0.320 e. The summed E-state index contributed by atoms with van der Waals surface area (Å²) in [7, 11) is 0. The van der Waals surface area contributed by atoms with Crippen LogP contribution in [0.4, 0.5) is 4.39 Å². The number of nitrogens with one attached hydrogen (secondary N) is 1. The van der Waals surface area contributed by atoms with Crippen LogP contribution in [0.1, 0.15) is 22.4 Å². The molecule has 0 fully saturated rings. The molecule has 0 unspecified atom stereocenters. The van der Waals surface area contributed by atoms with Crippen molar-refractivity contribution >= 4 is 11.6 Å². The summed E-state index contributed by atoms with van der Waals surface area (Å²) in [6.07, 6.45) is 2.05. The lowest BCUT2D eigenvalue weighted by Crippen LogP contribution is -2.14. The van der Waals surface area contributed by atoms with Gasteiger partial charge in [-0.2, -0.15) is 5.26 Å². The van der Waals surface area contributed by atoms with Crippen LogP contribution in [0, 0.1) is 24.1 Å². The van der Waals surface area contributed by atoms with Crippen molar-refractivity contribution in [2.75, 3.05) is 0 Å². The Bertz CT molecular complexity index is 1130. The van der Waals surface area contributed by atoms with Gasteiger partial charge in [-0.25, -0.2) is 4.39 Å². The molecule has 0 amide bonds. The van der Waals surface area contributed by atoms with Gasteiger partial charge in [-0.15, -0.1) is 0 Å². The first-order chi connectivity index (χ1) is 12.0. The lowest BCUT2D eigenvalue weighted by molar-refractivity contribution is 0.627. The minimum Gasteiger partial charge on any atom is -0.320 e. The number of aromatic nitrogens is 2. The molecule has 0 saturated heterocycles. The summed E-state index contributed by atoms with van der Waals surface area (Å²) in [4.78, 5) is 19.4.